The van der Waals surface area contributed by atoms with E-state index in [0.29, 0.717) is 12.6 Å². The van der Waals surface area contributed by atoms with Gasteiger partial charge in [-0.05, 0) is 51.7 Å². The van der Waals surface area contributed by atoms with Gasteiger partial charge in [-0.15, -0.1) is 0 Å². The Morgan fingerprint density at radius 3 is 2.65 bits per heavy atom. The number of hydrogen-bond donors (Lipinski definition) is 2. The van der Waals surface area contributed by atoms with E-state index in [2.05, 4.69) is 39.7 Å². The molecule has 1 saturated heterocycles. The Morgan fingerprint density at radius 1 is 1.19 bits per heavy atom. The number of fused-ring (bicyclic) bond motifs is 1. The molecule has 31 heavy (non-hydrogen) atoms. The summed E-state index contributed by atoms with van der Waals surface area (Å²) in [4.78, 5) is 26.7. The number of ether oxygens (including phenoxy) is 1. The van der Waals surface area contributed by atoms with Crippen LogP contribution in [0.15, 0.2) is 18.2 Å². The maximum Gasteiger partial charge on any atom is 0.308 e. The lowest BCUT2D eigenvalue weighted by atomic mass is 9.84. The number of hydrogen-bond acceptors (Lipinski definition) is 6. The zero-order valence-electron chi connectivity index (χ0n) is 18.7. The predicted octanol–water partition coefficient (Wildman–Crippen LogP) is 2.22. The molecule has 2 heterocycles. The number of carbonyl (C=O) groups is 2. The molecule has 8 nitrogen and oxygen atoms in total. The molecule has 0 atom stereocenters. The predicted molar refractivity (Wildman–Crippen MR) is 120 cm³/mol. The highest BCUT2D eigenvalue weighted by Crippen LogP contribution is 2.30. The van der Waals surface area contributed by atoms with E-state index < -0.39 is 0 Å². The molecule has 0 spiro atoms. The topological polar surface area (TPSA) is 88.5 Å². The monoisotopic (exact) mass is 427 g/mol. The molecular weight excluding hydrogens is 394 g/mol. The van der Waals surface area contributed by atoms with Crippen LogP contribution in [-0.4, -0.2) is 64.9 Å². The van der Waals surface area contributed by atoms with Gasteiger partial charge < -0.3 is 15.4 Å². The summed E-state index contributed by atoms with van der Waals surface area (Å²) in [5, 5.41) is 11.8. The van der Waals surface area contributed by atoms with E-state index in [1.54, 1.807) is 0 Å². The fourth-order valence-corrected chi connectivity index (χ4v) is 4.79. The average molecular weight is 428 g/mol. The van der Waals surface area contributed by atoms with E-state index >= 15 is 0 Å². The molecule has 2 N–H and O–H groups in total. The first-order chi connectivity index (χ1) is 14.9. The Balaban J connectivity index is 1.19. The molecule has 8 heteroatoms. The summed E-state index contributed by atoms with van der Waals surface area (Å²) in [7, 11) is 1.91. The van der Waals surface area contributed by atoms with Gasteiger partial charge in [0.2, 0.25) is 5.91 Å². The molecule has 1 amide bonds. The lowest BCUT2D eigenvalue weighted by Gasteiger charge is -2.46. The van der Waals surface area contributed by atoms with Gasteiger partial charge in [-0.3, -0.25) is 19.2 Å². The maximum atomic E-state index is 12.4. The van der Waals surface area contributed by atoms with Crippen molar-refractivity contribution in [1.29, 1.82) is 0 Å². The quantitative estimate of drug-likeness (QED) is 0.659. The van der Waals surface area contributed by atoms with Crippen molar-refractivity contribution in [3.05, 3.63) is 23.8 Å². The Morgan fingerprint density at radius 2 is 1.94 bits per heavy atom. The van der Waals surface area contributed by atoms with Gasteiger partial charge in [0.1, 0.15) is 0 Å². The number of anilines is 1. The van der Waals surface area contributed by atoms with Crippen molar-refractivity contribution in [3.8, 4) is 0 Å². The zero-order valence-corrected chi connectivity index (χ0v) is 18.7. The van der Waals surface area contributed by atoms with Crippen LogP contribution in [0.5, 0.6) is 0 Å². The summed E-state index contributed by atoms with van der Waals surface area (Å²) in [5.74, 6) is 0.746. The third kappa shape index (κ3) is 4.84. The first-order valence-corrected chi connectivity index (χ1v) is 11.3. The minimum Gasteiger partial charge on any atom is -0.466 e. The standard InChI is InChI=1S/C23H33N5O3/c1-4-31-23(30)16-6-8-18(9-7-16)28-13-17(14-28)25-21(29)12-24-22-19-11-15(2)5-10-20(19)27(3)26-22/h5,10-11,16-18H,4,6-9,12-14H2,1-3H3,(H,24,26)(H,25,29)/t16-,18+. The summed E-state index contributed by atoms with van der Waals surface area (Å²) in [6.07, 6.45) is 3.85. The third-order valence-electron chi connectivity index (χ3n) is 6.53. The number of rotatable bonds is 7. The number of aryl methyl sites for hydroxylation is 2. The van der Waals surface area contributed by atoms with Crippen molar-refractivity contribution in [1.82, 2.24) is 20.0 Å². The lowest BCUT2D eigenvalue weighted by Crippen LogP contribution is -2.63. The molecule has 1 aromatic heterocycles. The van der Waals surface area contributed by atoms with E-state index in [-0.39, 0.29) is 30.4 Å². The molecule has 1 aliphatic carbocycles. The highest BCUT2D eigenvalue weighted by Gasteiger charge is 2.36. The minimum atomic E-state index is -0.0435. The number of nitrogens with one attached hydrogen (secondary N) is 2. The molecular formula is C23H33N5O3. The molecule has 0 radical (unpaired) electrons. The van der Waals surface area contributed by atoms with Crippen LogP contribution in [-0.2, 0) is 21.4 Å². The van der Waals surface area contributed by atoms with Gasteiger partial charge in [-0.1, -0.05) is 11.6 Å². The van der Waals surface area contributed by atoms with E-state index in [1.807, 2.05) is 24.7 Å². The molecule has 0 bridgehead atoms. The molecule has 1 aliphatic heterocycles. The van der Waals surface area contributed by atoms with Crippen molar-refractivity contribution >= 4 is 28.6 Å². The molecule has 0 unspecified atom stereocenters. The molecule has 4 rings (SSSR count). The van der Waals surface area contributed by atoms with Crippen LogP contribution in [0, 0.1) is 12.8 Å². The van der Waals surface area contributed by atoms with Gasteiger partial charge in [0.05, 0.1) is 30.6 Å². The van der Waals surface area contributed by atoms with Crippen LogP contribution in [0.3, 0.4) is 0 Å². The normalized spacial score (nSPS) is 22.2. The van der Waals surface area contributed by atoms with Gasteiger partial charge in [0.25, 0.3) is 0 Å². The van der Waals surface area contributed by atoms with Crippen LogP contribution >= 0.6 is 0 Å². The second-order valence-electron chi connectivity index (χ2n) is 8.82. The van der Waals surface area contributed by atoms with Crippen molar-refractivity contribution < 1.29 is 14.3 Å². The fraction of sp³-hybridized carbons (Fsp3) is 0.609. The molecule has 2 aliphatic rings. The second-order valence-corrected chi connectivity index (χ2v) is 8.82. The fourth-order valence-electron chi connectivity index (χ4n) is 4.79. The highest BCUT2D eigenvalue weighted by atomic mass is 16.5. The number of esters is 1. The first kappa shape index (κ1) is 21.6. The number of benzene rings is 1. The maximum absolute atomic E-state index is 12.4. The molecule has 2 fully saturated rings. The van der Waals surface area contributed by atoms with Crippen LogP contribution in [0.25, 0.3) is 10.9 Å². The van der Waals surface area contributed by atoms with E-state index in [9.17, 15) is 9.59 Å². The van der Waals surface area contributed by atoms with Crippen LogP contribution < -0.4 is 10.6 Å². The summed E-state index contributed by atoms with van der Waals surface area (Å²) in [5.41, 5.74) is 2.21. The number of nitrogens with zero attached hydrogens (tertiary/aromatic N) is 3. The van der Waals surface area contributed by atoms with E-state index in [0.717, 1.165) is 55.5 Å². The van der Waals surface area contributed by atoms with Crippen LogP contribution in [0.4, 0.5) is 5.82 Å². The summed E-state index contributed by atoms with van der Waals surface area (Å²) in [6.45, 7) is 6.33. The molecule has 1 aromatic carbocycles. The lowest BCUT2D eigenvalue weighted by molar-refractivity contribution is -0.149. The molecule has 168 valence electrons. The molecule has 2 aromatic rings. The highest BCUT2D eigenvalue weighted by molar-refractivity contribution is 5.92. The zero-order chi connectivity index (χ0) is 22.0. The Labute approximate surface area is 183 Å². The Bertz CT molecular complexity index is 942. The third-order valence-corrected chi connectivity index (χ3v) is 6.53. The van der Waals surface area contributed by atoms with Crippen LogP contribution in [0.2, 0.25) is 0 Å². The average Bonchev–Trinajstić information content (AvgIpc) is 3.04. The number of aromatic nitrogens is 2. The number of likely N-dealkylation sites (tertiary alicyclic amines) is 1. The Hall–Kier alpha value is -2.61. The van der Waals surface area contributed by atoms with Crippen molar-refractivity contribution in [2.75, 3.05) is 31.6 Å². The van der Waals surface area contributed by atoms with Gasteiger partial charge in [0, 0.05) is 31.6 Å². The van der Waals surface area contributed by atoms with Crippen molar-refractivity contribution in [2.45, 2.75) is 51.6 Å². The van der Waals surface area contributed by atoms with E-state index in [1.165, 1.54) is 5.56 Å². The first-order valence-electron chi connectivity index (χ1n) is 11.3. The largest absolute Gasteiger partial charge is 0.466 e. The van der Waals surface area contributed by atoms with Gasteiger partial charge in [-0.25, -0.2) is 0 Å². The van der Waals surface area contributed by atoms with Crippen molar-refractivity contribution in [2.24, 2.45) is 13.0 Å². The van der Waals surface area contributed by atoms with Crippen LogP contribution in [0.1, 0.15) is 38.2 Å². The summed E-state index contributed by atoms with van der Waals surface area (Å²) < 4.78 is 6.98. The summed E-state index contributed by atoms with van der Waals surface area (Å²) in [6, 6.07) is 6.90. The smallest absolute Gasteiger partial charge is 0.308 e. The van der Waals surface area contributed by atoms with Crippen molar-refractivity contribution in [3.63, 3.8) is 0 Å². The summed E-state index contributed by atoms with van der Waals surface area (Å²) >= 11 is 0. The number of carbonyl (C=O) groups excluding carboxylic acids is 2. The minimum absolute atomic E-state index is 0.0119. The SMILES string of the molecule is CCOC(=O)[C@H]1CC[C@@H](N2CC(NC(=O)CNc3nn(C)c4ccc(C)cc34)C2)CC1. The number of amides is 1. The van der Waals surface area contributed by atoms with E-state index in [4.69, 9.17) is 4.74 Å². The molecule has 1 saturated carbocycles. The van der Waals surface area contributed by atoms with Gasteiger partial charge in [-0.2, -0.15) is 5.10 Å². The van der Waals surface area contributed by atoms with Gasteiger partial charge in [0.15, 0.2) is 5.82 Å². The second kappa shape index (κ2) is 9.26. The Kier molecular flexibility index (Phi) is 6.46. The van der Waals surface area contributed by atoms with Gasteiger partial charge >= 0.3 is 5.97 Å².